The summed E-state index contributed by atoms with van der Waals surface area (Å²) in [5, 5.41) is 17.3. The Kier molecular flexibility index (Phi) is 4.98. The maximum Gasteiger partial charge on any atom is 0.328 e. The molecule has 5 nitrogen and oxygen atoms in total. The number of amides is 1. The van der Waals surface area contributed by atoms with Gasteiger partial charge in [-0.2, -0.15) is 0 Å². The van der Waals surface area contributed by atoms with Crippen LogP contribution in [0.4, 0.5) is 0 Å². The third kappa shape index (κ3) is 3.66. The van der Waals surface area contributed by atoms with Crippen molar-refractivity contribution in [2.75, 3.05) is 13.2 Å². The molecule has 5 heteroatoms. The van der Waals surface area contributed by atoms with E-state index < -0.39 is 5.97 Å². The van der Waals surface area contributed by atoms with Crippen molar-refractivity contribution in [2.45, 2.75) is 31.7 Å². The van der Waals surface area contributed by atoms with Gasteiger partial charge < -0.3 is 15.1 Å². The van der Waals surface area contributed by atoms with Crippen LogP contribution in [0.25, 0.3) is 0 Å². The fourth-order valence-electron chi connectivity index (χ4n) is 2.03. The van der Waals surface area contributed by atoms with Crippen LogP contribution < -0.4 is 0 Å². The van der Waals surface area contributed by atoms with Crippen molar-refractivity contribution in [2.24, 2.45) is 0 Å². The van der Waals surface area contributed by atoms with Crippen LogP contribution in [0.2, 0.25) is 0 Å². The van der Waals surface area contributed by atoms with Crippen LogP contribution in [-0.4, -0.2) is 46.2 Å². The molecule has 0 aromatic carbocycles. The maximum atomic E-state index is 11.7. The van der Waals surface area contributed by atoms with Gasteiger partial charge in [0, 0.05) is 24.7 Å². The van der Waals surface area contributed by atoms with Crippen LogP contribution >= 0.6 is 0 Å². The van der Waals surface area contributed by atoms with E-state index in [1.807, 2.05) is 0 Å². The number of carboxylic acid groups (broad SMARTS) is 1. The van der Waals surface area contributed by atoms with Crippen molar-refractivity contribution < 1.29 is 19.8 Å². The van der Waals surface area contributed by atoms with Gasteiger partial charge in [-0.3, -0.25) is 4.79 Å². The average Bonchev–Trinajstić information content (AvgIpc) is 2.75. The molecule has 0 unspecified atom stereocenters. The number of hydrogen-bond acceptors (Lipinski definition) is 3. The molecule has 2 N–H and O–H groups in total. The largest absolute Gasteiger partial charge is 0.478 e. The van der Waals surface area contributed by atoms with Crippen LogP contribution in [0.5, 0.6) is 0 Å². The summed E-state index contributed by atoms with van der Waals surface area (Å²) >= 11 is 0. The zero-order valence-corrected chi connectivity index (χ0v) is 9.13. The van der Waals surface area contributed by atoms with Crippen molar-refractivity contribution in [3.05, 3.63) is 12.2 Å². The highest BCUT2D eigenvalue weighted by Crippen LogP contribution is 2.23. The Morgan fingerprint density at radius 3 is 2.38 bits per heavy atom. The van der Waals surface area contributed by atoms with Crippen molar-refractivity contribution in [1.29, 1.82) is 0 Å². The SMILES string of the molecule is O=C(O)C=CC(=O)N(CCO)C1CCCC1. The third-order valence-corrected chi connectivity index (χ3v) is 2.76. The molecule has 0 aromatic rings. The highest BCUT2D eigenvalue weighted by Gasteiger charge is 2.24. The Balaban J connectivity index is 2.61. The summed E-state index contributed by atoms with van der Waals surface area (Å²) in [5.74, 6) is -1.47. The van der Waals surface area contributed by atoms with Crippen LogP contribution in [0.15, 0.2) is 12.2 Å². The van der Waals surface area contributed by atoms with E-state index in [4.69, 9.17) is 10.2 Å². The van der Waals surface area contributed by atoms with E-state index in [-0.39, 0.29) is 25.1 Å². The molecule has 1 saturated carbocycles. The number of aliphatic hydroxyl groups excluding tert-OH is 1. The standard InChI is InChI=1S/C11H17NO4/c13-8-7-12(9-3-1-2-4-9)10(14)5-6-11(15)16/h5-6,9,13H,1-4,7-8H2,(H,15,16). The molecule has 1 fully saturated rings. The highest BCUT2D eigenvalue weighted by atomic mass is 16.4. The van der Waals surface area contributed by atoms with Crippen molar-refractivity contribution in [3.63, 3.8) is 0 Å². The van der Waals surface area contributed by atoms with Gasteiger partial charge in [-0.25, -0.2) is 4.79 Å². The molecular formula is C11H17NO4. The molecule has 0 bridgehead atoms. The number of aliphatic hydroxyl groups is 1. The zero-order valence-electron chi connectivity index (χ0n) is 9.13. The smallest absolute Gasteiger partial charge is 0.328 e. The van der Waals surface area contributed by atoms with Gasteiger partial charge in [0.05, 0.1) is 6.61 Å². The number of rotatable bonds is 5. The Morgan fingerprint density at radius 2 is 1.88 bits per heavy atom. The summed E-state index contributed by atoms with van der Waals surface area (Å²) in [6, 6.07) is 0.151. The Morgan fingerprint density at radius 1 is 1.25 bits per heavy atom. The zero-order chi connectivity index (χ0) is 12.0. The lowest BCUT2D eigenvalue weighted by atomic mass is 10.2. The minimum Gasteiger partial charge on any atom is -0.478 e. The quantitative estimate of drug-likeness (QED) is 0.666. The fraction of sp³-hybridized carbons (Fsp3) is 0.636. The van der Waals surface area contributed by atoms with Gasteiger partial charge in [0.15, 0.2) is 0 Å². The summed E-state index contributed by atoms with van der Waals surface area (Å²) in [4.78, 5) is 23.5. The van der Waals surface area contributed by atoms with E-state index in [1.54, 1.807) is 4.90 Å². The minimum absolute atomic E-state index is 0.0941. The lowest BCUT2D eigenvalue weighted by Gasteiger charge is -2.27. The first-order valence-corrected chi connectivity index (χ1v) is 5.47. The lowest BCUT2D eigenvalue weighted by molar-refractivity contribution is -0.133. The summed E-state index contributed by atoms with van der Waals surface area (Å²) in [5.41, 5.74) is 0. The first kappa shape index (κ1) is 12.7. The molecule has 0 heterocycles. The molecule has 1 aliphatic carbocycles. The molecule has 0 atom stereocenters. The third-order valence-electron chi connectivity index (χ3n) is 2.76. The molecule has 0 radical (unpaired) electrons. The topological polar surface area (TPSA) is 77.8 Å². The minimum atomic E-state index is -1.14. The number of carboxylic acids is 1. The second kappa shape index (κ2) is 6.27. The maximum absolute atomic E-state index is 11.7. The Labute approximate surface area is 94.4 Å². The molecule has 1 rings (SSSR count). The highest BCUT2D eigenvalue weighted by molar-refractivity contribution is 5.94. The summed E-state index contributed by atoms with van der Waals surface area (Å²) in [6.45, 7) is 0.177. The normalized spacial score (nSPS) is 16.8. The molecule has 1 amide bonds. The summed E-state index contributed by atoms with van der Waals surface area (Å²) in [6.07, 6.45) is 5.93. The predicted molar refractivity (Wildman–Crippen MR) is 57.8 cm³/mol. The molecule has 16 heavy (non-hydrogen) atoms. The van der Waals surface area contributed by atoms with Gasteiger partial charge in [-0.1, -0.05) is 12.8 Å². The second-order valence-electron chi connectivity index (χ2n) is 3.87. The predicted octanol–water partition coefficient (Wildman–Crippen LogP) is 0.391. The molecule has 0 aromatic heterocycles. The van der Waals surface area contributed by atoms with E-state index in [0.29, 0.717) is 0 Å². The number of aliphatic carboxylic acids is 1. The van der Waals surface area contributed by atoms with E-state index in [1.165, 1.54) is 0 Å². The van der Waals surface area contributed by atoms with Gasteiger partial charge in [-0.05, 0) is 12.8 Å². The molecule has 0 saturated heterocycles. The molecule has 1 aliphatic rings. The number of hydrogen-bond donors (Lipinski definition) is 2. The Bertz CT molecular complexity index is 282. The molecule has 0 spiro atoms. The number of nitrogens with zero attached hydrogens (tertiary/aromatic N) is 1. The van der Waals surface area contributed by atoms with Crippen LogP contribution in [-0.2, 0) is 9.59 Å². The van der Waals surface area contributed by atoms with Crippen molar-refractivity contribution in [3.8, 4) is 0 Å². The van der Waals surface area contributed by atoms with Crippen LogP contribution in [0, 0.1) is 0 Å². The molecule has 90 valence electrons. The molecule has 0 aliphatic heterocycles. The number of carbonyl (C=O) groups excluding carboxylic acids is 1. The average molecular weight is 227 g/mol. The van der Waals surface area contributed by atoms with E-state index in [0.717, 1.165) is 37.8 Å². The monoisotopic (exact) mass is 227 g/mol. The lowest BCUT2D eigenvalue weighted by Crippen LogP contribution is -2.39. The van der Waals surface area contributed by atoms with Gasteiger partial charge in [0.1, 0.15) is 0 Å². The van der Waals surface area contributed by atoms with Crippen LogP contribution in [0.1, 0.15) is 25.7 Å². The van der Waals surface area contributed by atoms with E-state index >= 15 is 0 Å². The van der Waals surface area contributed by atoms with E-state index in [9.17, 15) is 9.59 Å². The Hall–Kier alpha value is -1.36. The van der Waals surface area contributed by atoms with Gasteiger partial charge in [-0.15, -0.1) is 0 Å². The van der Waals surface area contributed by atoms with Gasteiger partial charge >= 0.3 is 5.97 Å². The van der Waals surface area contributed by atoms with Gasteiger partial charge in [0.25, 0.3) is 0 Å². The van der Waals surface area contributed by atoms with E-state index in [2.05, 4.69) is 0 Å². The summed E-state index contributed by atoms with van der Waals surface area (Å²) in [7, 11) is 0. The fourth-order valence-corrected chi connectivity index (χ4v) is 2.03. The van der Waals surface area contributed by atoms with Crippen molar-refractivity contribution >= 4 is 11.9 Å². The van der Waals surface area contributed by atoms with Crippen LogP contribution in [0.3, 0.4) is 0 Å². The summed E-state index contributed by atoms with van der Waals surface area (Å²) < 4.78 is 0. The molecular weight excluding hydrogens is 210 g/mol. The first-order chi connectivity index (χ1) is 7.65. The first-order valence-electron chi connectivity index (χ1n) is 5.47. The van der Waals surface area contributed by atoms with Gasteiger partial charge in [0.2, 0.25) is 5.91 Å². The second-order valence-corrected chi connectivity index (χ2v) is 3.87. The number of carbonyl (C=O) groups is 2. The van der Waals surface area contributed by atoms with Crippen molar-refractivity contribution in [1.82, 2.24) is 4.90 Å².